The molecule has 0 spiro atoms. The average Bonchev–Trinajstić information content (AvgIpc) is 3.00. The summed E-state index contributed by atoms with van der Waals surface area (Å²) in [6.07, 6.45) is 1.20. The van der Waals surface area contributed by atoms with Gasteiger partial charge in [-0.3, -0.25) is 9.69 Å². The lowest BCUT2D eigenvalue weighted by Gasteiger charge is -2.35. The molecular weight excluding hydrogens is 300 g/mol. The van der Waals surface area contributed by atoms with Gasteiger partial charge in [-0.25, -0.2) is 4.98 Å². The highest BCUT2D eigenvalue weighted by molar-refractivity contribution is 7.09. The number of nitrogens with two attached hydrogens (primary N) is 1. The van der Waals surface area contributed by atoms with Crippen LogP contribution in [-0.2, 0) is 22.5 Å². The third-order valence-electron chi connectivity index (χ3n) is 4.01. The predicted octanol–water partition coefficient (Wildman–Crippen LogP) is 0.714. The largest absolute Gasteiger partial charge is 0.380 e. The molecule has 1 atom stereocenters. The zero-order valence-corrected chi connectivity index (χ0v) is 14.3. The first-order valence-electron chi connectivity index (χ1n) is 7.82. The fourth-order valence-electron chi connectivity index (χ4n) is 2.56. The van der Waals surface area contributed by atoms with Crippen LogP contribution < -0.4 is 5.73 Å². The van der Waals surface area contributed by atoms with Crippen LogP contribution in [0.3, 0.4) is 0 Å². The third kappa shape index (κ3) is 4.74. The average molecular weight is 326 g/mol. The van der Waals surface area contributed by atoms with Gasteiger partial charge in [0, 0.05) is 51.8 Å². The molecule has 2 N–H and O–H groups in total. The van der Waals surface area contributed by atoms with Gasteiger partial charge in [0.25, 0.3) is 0 Å². The Kier molecular flexibility index (Phi) is 6.75. The van der Waals surface area contributed by atoms with E-state index in [1.807, 2.05) is 4.90 Å². The topological polar surface area (TPSA) is 71.7 Å². The minimum absolute atomic E-state index is 0.138. The van der Waals surface area contributed by atoms with Gasteiger partial charge >= 0.3 is 0 Å². The van der Waals surface area contributed by atoms with Crippen LogP contribution in [0.1, 0.15) is 24.0 Å². The van der Waals surface area contributed by atoms with E-state index in [0.717, 1.165) is 44.8 Å². The SMILES string of the molecule is CCc1nc(CN2CCN(C(=O)CC(CN)OC)CC2)cs1. The van der Waals surface area contributed by atoms with Crippen molar-refractivity contribution < 1.29 is 9.53 Å². The molecule has 1 saturated heterocycles. The number of carbonyl (C=O) groups excluding carboxylic acids is 1. The van der Waals surface area contributed by atoms with Crippen molar-refractivity contribution in [1.82, 2.24) is 14.8 Å². The molecule has 0 aliphatic carbocycles. The summed E-state index contributed by atoms with van der Waals surface area (Å²) in [7, 11) is 1.60. The maximum atomic E-state index is 12.2. The molecule has 1 aliphatic heterocycles. The maximum absolute atomic E-state index is 12.2. The molecule has 22 heavy (non-hydrogen) atoms. The van der Waals surface area contributed by atoms with Gasteiger partial charge in [0.1, 0.15) is 0 Å². The molecule has 1 unspecified atom stereocenters. The predicted molar refractivity (Wildman–Crippen MR) is 87.8 cm³/mol. The Balaban J connectivity index is 1.76. The molecule has 0 saturated carbocycles. The first kappa shape index (κ1) is 17.3. The van der Waals surface area contributed by atoms with E-state index in [-0.39, 0.29) is 12.0 Å². The summed E-state index contributed by atoms with van der Waals surface area (Å²) in [6, 6.07) is 0. The number of amides is 1. The van der Waals surface area contributed by atoms with Crippen LogP contribution in [0.15, 0.2) is 5.38 Å². The Morgan fingerprint density at radius 1 is 1.45 bits per heavy atom. The van der Waals surface area contributed by atoms with Crippen molar-refractivity contribution in [1.29, 1.82) is 0 Å². The van der Waals surface area contributed by atoms with E-state index < -0.39 is 0 Å². The Morgan fingerprint density at radius 2 is 2.18 bits per heavy atom. The number of hydrogen-bond acceptors (Lipinski definition) is 6. The van der Waals surface area contributed by atoms with Crippen molar-refractivity contribution in [2.24, 2.45) is 5.73 Å². The molecule has 1 aromatic heterocycles. The number of carbonyl (C=O) groups is 1. The van der Waals surface area contributed by atoms with Crippen molar-refractivity contribution in [3.63, 3.8) is 0 Å². The standard InChI is InChI=1S/C15H26N4O2S/c1-3-14-17-12(11-22-14)10-18-4-6-19(7-5-18)15(20)8-13(9-16)21-2/h11,13H,3-10,16H2,1-2H3. The van der Waals surface area contributed by atoms with Crippen LogP contribution in [0.25, 0.3) is 0 Å². The fourth-order valence-corrected chi connectivity index (χ4v) is 3.29. The molecule has 2 rings (SSSR count). The second-order valence-corrected chi connectivity index (χ2v) is 6.48. The summed E-state index contributed by atoms with van der Waals surface area (Å²) in [4.78, 5) is 21.1. The van der Waals surface area contributed by atoms with E-state index in [0.29, 0.717) is 13.0 Å². The van der Waals surface area contributed by atoms with Crippen molar-refractivity contribution in [3.8, 4) is 0 Å². The number of ether oxygens (including phenoxy) is 1. The number of nitrogens with zero attached hydrogens (tertiary/aromatic N) is 3. The van der Waals surface area contributed by atoms with Crippen LogP contribution >= 0.6 is 11.3 Å². The summed E-state index contributed by atoms with van der Waals surface area (Å²) >= 11 is 1.73. The van der Waals surface area contributed by atoms with Crippen molar-refractivity contribution >= 4 is 17.2 Å². The first-order valence-corrected chi connectivity index (χ1v) is 8.70. The van der Waals surface area contributed by atoms with Gasteiger partial charge in [0.2, 0.25) is 5.91 Å². The highest BCUT2D eigenvalue weighted by Crippen LogP contribution is 2.14. The number of thiazole rings is 1. The second kappa shape index (κ2) is 8.57. The molecule has 2 heterocycles. The number of aryl methyl sites for hydroxylation is 1. The zero-order chi connectivity index (χ0) is 15.9. The van der Waals surface area contributed by atoms with Gasteiger partial charge < -0.3 is 15.4 Å². The lowest BCUT2D eigenvalue weighted by Crippen LogP contribution is -2.49. The monoisotopic (exact) mass is 326 g/mol. The van der Waals surface area contributed by atoms with Crippen LogP contribution in [0, 0.1) is 0 Å². The number of hydrogen-bond donors (Lipinski definition) is 1. The molecule has 0 aromatic carbocycles. The Morgan fingerprint density at radius 3 is 2.73 bits per heavy atom. The quantitative estimate of drug-likeness (QED) is 0.799. The lowest BCUT2D eigenvalue weighted by molar-refractivity contribution is -0.135. The summed E-state index contributed by atoms with van der Waals surface area (Å²) in [5.74, 6) is 0.138. The van der Waals surface area contributed by atoms with Crippen LogP contribution in [0.4, 0.5) is 0 Å². The van der Waals surface area contributed by atoms with E-state index in [4.69, 9.17) is 10.5 Å². The summed E-state index contributed by atoms with van der Waals surface area (Å²) in [6.45, 7) is 6.71. The minimum atomic E-state index is -0.173. The van der Waals surface area contributed by atoms with Crippen molar-refractivity contribution in [3.05, 3.63) is 16.1 Å². The number of rotatable bonds is 7. The minimum Gasteiger partial charge on any atom is -0.380 e. The van der Waals surface area contributed by atoms with Crippen LogP contribution in [-0.4, -0.2) is 66.6 Å². The molecule has 1 fully saturated rings. The molecule has 6 nitrogen and oxygen atoms in total. The van der Waals surface area contributed by atoms with Crippen LogP contribution in [0.2, 0.25) is 0 Å². The second-order valence-electron chi connectivity index (χ2n) is 5.54. The Hall–Kier alpha value is -1.02. The van der Waals surface area contributed by atoms with E-state index in [1.165, 1.54) is 5.01 Å². The van der Waals surface area contributed by atoms with Crippen molar-refractivity contribution in [2.45, 2.75) is 32.4 Å². The summed E-state index contributed by atoms with van der Waals surface area (Å²) in [5.41, 5.74) is 6.72. The number of aromatic nitrogens is 1. The molecule has 124 valence electrons. The Labute approximate surface area is 136 Å². The summed E-state index contributed by atoms with van der Waals surface area (Å²) in [5, 5.41) is 3.33. The van der Waals surface area contributed by atoms with Gasteiger partial charge in [-0.1, -0.05) is 6.92 Å². The zero-order valence-electron chi connectivity index (χ0n) is 13.5. The smallest absolute Gasteiger partial charge is 0.225 e. The van der Waals surface area contributed by atoms with Crippen LogP contribution in [0.5, 0.6) is 0 Å². The first-order chi connectivity index (χ1) is 10.7. The summed E-state index contributed by atoms with van der Waals surface area (Å²) < 4.78 is 5.18. The normalized spacial score (nSPS) is 17.7. The highest BCUT2D eigenvalue weighted by Gasteiger charge is 2.23. The molecular formula is C15H26N4O2S. The van der Waals surface area contributed by atoms with Gasteiger partial charge in [-0.05, 0) is 6.42 Å². The number of methoxy groups -OCH3 is 1. The molecule has 7 heteroatoms. The molecule has 0 radical (unpaired) electrons. The molecule has 1 aromatic rings. The van der Waals surface area contributed by atoms with E-state index in [1.54, 1.807) is 18.4 Å². The van der Waals surface area contributed by atoms with Gasteiger partial charge in [-0.15, -0.1) is 11.3 Å². The highest BCUT2D eigenvalue weighted by atomic mass is 32.1. The fraction of sp³-hybridized carbons (Fsp3) is 0.733. The van der Waals surface area contributed by atoms with Gasteiger partial charge in [-0.2, -0.15) is 0 Å². The molecule has 0 bridgehead atoms. The third-order valence-corrected chi connectivity index (χ3v) is 5.05. The van der Waals surface area contributed by atoms with Gasteiger partial charge in [0.15, 0.2) is 0 Å². The lowest BCUT2D eigenvalue weighted by atomic mass is 10.2. The van der Waals surface area contributed by atoms with Crippen molar-refractivity contribution in [2.75, 3.05) is 39.8 Å². The van der Waals surface area contributed by atoms with E-state index in [2.05, 4.69) is 22.2 Å². The number of piperazine rings is 1. The maximum Gasteiger partial charge on any atom is 0.225 e. The van der Waals surface area contributed by atoms with E-state index in [9.17, 15) is 4.79 Å². The Bertz CT molecular complexity index is 468. The molecule has 1 aliphatic rings. The van der Waals surface area contributed by atoms with E-state index >= 15 is 0 Å². The van der Waals surface area contributed by atoms with Gasteiger partial charge in [0.05, 0.1) is 23.2 Å². The molecule has 1 amide bonds.